The van der Waals surface area contributed by atoms with Gasteiger partial charge in [-0.25, -0.2) is 5.43 Å². The van der Waals surface area contributed by atoms with Crippen LogP contribution in [0.1, 0.15) is 15.9 Å². The van der Waals surface area contributed by atoms with Gasteiger partial charge in [0.05, 0.1) is 11.1 Å². The molecule has 0 saturated heterocycles. The summed E-state index contributed by atoms with van der Waals surface area (Å²) < 4.78 is 0.410. The topological polar surface area (TPSA) is 105 Å². The Kier molecular flexibility index (Phi) is 4.84. The third-order valence-electron chi connectivity index (χ3n) is 2.69. The van der Waals surface area contributed by atoms with Crippen molar-refractivity contribution in [3.05, 3.63) is 68.2 Å². The number of carbonyl (C=O) groups excluding carboxylic acids is 1. The fourth-order valence-electron chi connectivity index (χ4n) is 1.66. The molecule has 0 aromatic heterocycles. The van der Waals surface area contributed by atoms with Crippen molar-refractivity contribution in [2.45, 2.75) is 0 Å². The maximum absolute atomic E-state index is 11.8. The number of hydrogen-bond donors (Lipinski definition) is 2. The number of benzene rings is 2. The second-order valence-electron chi connectivity index (χ2n) is 4.19. The van der Waals surface area contributed by atoms with Gasteiger partial charge in [0.2, 0.25) is 5.75 Å². The van der Waals surface area contributed by atoms with Crippen molar-refractivity contribution in [3.8, 4) is 5.75 Å². The second-order valence-corrected chi connectivity index (χ2v) is 5.10. The maximum Gasteiger partial charge on any atom is 0.312 e. The normalized spacial score (nSPS) is 10.6. The largest absolute Gasteiger partial charge is 0.502 e. The van der Waals surface area contributed by atoms with Crippen LogP contribution in [0.3, 0.4) is 0 Å². The smallest absolute Gasteiger partial charge is 0.312 e. The summed E-state index contributed by atoms with van der Waals surface area (Å²) in [6, 6.07) is 11.1. The molecule has 0 atom stereocenters. The van der Waals surface area contributed by atoms with E-state index in [1.54, 1.807) is 30.3 Å². The molecule has 2 aromatic carbocycles. The van der Waals surface area contributed by atoms with Crippen molar-refractivity contribution in [3.63, 3.8) is 0 Å². The predicted molar refractivity (Wildman–Crippen MR) is 84.0 cm³/mol. The van der Waals surface area contributed by atoms with Gasteiger partial charge in [0.25, 0.3) is 5.91 Å². The van der Waals surface area contributed by atoms with E-state index in [1.165, 1.54) is 12.1 Å². The van der Waals surface area contributed by atoms with Crippen LogP contribution in [0, 0.1) is 10.1 Å². The molecule has 2 N–H and O–H groups in total. The highest BCUT2D eigenvalue weighted by atomic mass is 79.9. The van der Waals surface area contributed by atoms with Crippen LogP contribution < -0.4 is 5.43 Å². The quantitative estimate of drug-likeness (QED) is 0.494. The van der Waals surface area contributed by atoms with E-state index in [9.17, 15) is 20.0 Å². The first-order valence-corrected chi connectivity index (χ1v) is 6.83. The Hall–Kier alpha value is -2.74. The van der Waals surface area contributed by atoms with Crippen LogP contribution in [0.5, 0.6) is 5.75 Å². The lowest BCUT2D eigenvalue weighted by molar-refractivity contribution is -0.385. The summed E-state index contributed by atoms with van der Waals surface area (Å²) in [5, 5.41) is 24.3. The standard InChI is InChI=1S/C14H10BrN3O4/c15-11-6-10(13(19)12(7-11)18(21)22)8-16-17-14(20)9-4-2-1-3-5-9/h1-8,19H,(H,17,20)/b16-8-. The van der Waals surface area contributed by atoms with Gasteiger partial charge < -0.3 is 5.11 Å². The summed E-state index contributed by atoms with van der Waals surface area (Å²) in [5.74, 6) is -0.952. The summed E-state index contributed by atoms with van der Waals surface area (Å²) in [6.45, 7) is 0. The third-order valence-corrected chi connectivity index (χ3v) is 3.14. The number of rotatable bonds is 4. The molecule has 1 amide bonds. The zero-order chi connectivity index (χ0) is 16.1. The van der Waals surface area contributed by atoms with Crippen molar-refractivity contribution >= 4 is 33.7 Å². The van der Waals surface area contributed by atoms with Gasteiger partial charge in [-0.15, -0.1) is 0 Å². The van der Waals surface area contributed by atoms with Gasteiger partial charge in [0.1, 0.15) is 0 Å². The minimum absolute atomic E-state index is 0.106. The number of carbonyl (C=O) groups is 1. The van der Waals surface area contributed by atoms with Gasteiger partial charge >= 0.3 is 5.69 Å². The van der Waals surface area contributed by atoms with Gasteiger partial charge in [-0.3, -0.25) is 14.9 Å². The lowest BCUT2D eigenvalue weighted by Crippen LogP contribution is -2.17. The molecule has 8 heteroatoms. The molecular formula is C14H10BrN3O4. The molecule has 2 aromatic rings. The Bertz CT molecular complexity index is 747. The molecule has 22 heavy (non-hydrogen) atoms. The van der Waals surface area contributed by atoms with Gasteiger partial charge in [0, 0.05) is 21.7 Å². The predicted octanol–water partition coefficient (Wildman–Crippen LogP) is 2.83. The number of phenols is 1. The zero-order valence-corrected chi connectivity index (χ0v) is 12.6. The Morgan fingerprint density at radius 3 is 2.64 bits per heavy atom. The number of nitrogens with one attached hydrogen (secondary N) is 1. The Labute approximate surface area is 133 Å². The van der Waals surface area contributed by atoms with Crippen molar-refractivity contribution in [2.24, 2.45) is 5.10 Å². The SMILES string of the molecule is O=C(N/N=C\c1cc(Br)cc([N+](=O)[O-])c1O)c1ccccc1. The van der Waals surface area contributed by atoms with Crippen LogP contribution in [0.15, 0.2) is 52.0 Å². The van der Waals surface area contributed by atoms with Crippen LogP contribution in [-0.2, 0) is 0 Å². The molecule has 0 aliphatic rings. The molecule has 0 radical (unpaired) electrons. The van der Waals surface area contributed by atoms with Crippen LogP contribution in [0.25, 0.3) is 0 Å². The number of amides is 1. The molecule has 0 spiro atoms. The number of nitro groups is 1. The maximum atomic E-state index is 11.8. The van der Waals surface area contributed by atoms with Gasteiger partial charge in [-0.1, -0.05) is 34.1 Å². The van der Waals surface area contributed by atoms with Gasteiger partial charge in [-0.2, -0.15) is 5.10 Å². The van der Waals surface area contributed by atoms with E-state index in [0.29, 0.717) is 10.0 Å². The molecule has 2 rings (SSSR count). The number of aromatic hydroxyl groups is 1. The highest BCUT2D eigenvalue weighted by Crippen LogP contribution is 2.32. The summed E-state index contributed by atoms with van der Waals surface area (Å²) in [4.78, 5) is 21.9. The van der Waals surface area contributed by atoms with E-state index in [4.69, 9.17) is 0 Å². The first-order chi connectivity index (χ1) is 10.5. The van der Waals surface area contributed by atoms with Crippen molar-refractivity contribution in [1.82, 2.24) is 5.43 Å². The zero-order valence-electron chi connectivity index (χ0n) is 11.1. The van der Waals surface area contributed by atoms with Crippen molar-refractivity contribution in [1.29, 1.82) is 0 Å². The van der Waals surface area contributed by atoms with E-state index in [2.05, 4.69) is 26.5 Å². The monoisotopic (exact) mass is 363 g/mol. The third kappa shape index (κ3) is 3.67. The molecule has 0 fully saturated rings. The summed E-state index contributed by atoms with van der Waals surface area (Å²) in [7, 11) is 0. The average Bonchev–Trinajstić information content (AvgIpc) is 2.50. The van der Waals surface area contributed by atoms with Crippen molar-refractivity contribution < 1.29 is 14.8 Å². The molecule has 7 nitrogen and oxygen atoms in total. The first-order valence-electron chi connectivity index (χ1n) is 6.04. The number of phenolic OH excluding ortho intramolecular Hbond substituents is 1. The second kappa shape index (κ2) is 6.81. The summed E-state index contributed by atoms with van der Waals surface area (Å²) in [5.41, 5.74) is 2.35. The Morgan fingerprint density at radius 1 is 1.32 bits per heavy atom. The van der Waals surface area contributed by atoms with E-state index >= 15 is 0 Å². The summed E-state index contributed by atoms with van der Waals surface area (Å²) >= 11 is 3.11. The molecule has 0 bridgehead atoms. The number of halogens is 1. The number of hydrogen-bond acceptors (Lipinski definition) is 5. The van der Waals surface area contributed by atoms with Crippen LogP contribution in [0.2, 0.25) is 0 Å². The van der Waals surface area contributed by atoms with Crippen molar-refractivity contribution in [2.75, 3.05) is 0 Å². The molecule has 0 aliphatic carbocycles. The fraction of sp³-hybridized carbons (Fsp3) is 0. The highest BCUT2D eigenvalue weighted by molar-refractivity contribution is 9.10. The molecular weight excluding hydrogens is 354 g/mol. The lowest BCUT2D eigenvalue weighted by Gasteiger charge is -2.02. The molecule has 0 unspecified atom stereocenters. The van der Waals surface area contributed by atoms with Crippen LogP contribution >= 0.6 is 15.9 Å². The van der Waals surface area contributed by atoms with E-state index < -0.39 is 22.3 Å². The molecule has 112 valence electrons. The summed E-state index contributed by atoms with van der Waals surface area (Å²) in [6.07, 6.45) is 1.13. The number of hydrazone groups is 1. The van der Waals surface area contributed by atoms with Crippen LogP contribution in [-0.4, -0.2) is 22.2 Å². The molecule has 0 heterocycles. The molecule has 0 aliphatic heterocycles. The minimum Gasteiger partial charge on any atom is -0.502 e. The highest BCUT2D eigenvalue weighted by Gasteiger charge is 2.17. The minimum atomic E-state index is -0.708. The van der Waals surface area contributed by atoms with Gasteiger partial charge in [0.15, 0.2) is 0 Å². The number of nitro benzene ring substituents is 1. The van der Waals surface area contributed by atoms with E-state index in [0.717, 1.165) is 6.21 Å². The average molecular weight is 364 g/mol. The van der Waals surface area contributed by atoms with E-state index in [-0.39, 0.29) is 5.56 Å². The molecule has 0 saturated carbocycles. The van der Waals surface area contributed by atoms with Crippen LogP contribution in [0.4, 0.5) is 5.69 Å². The number of nitrogens with zero attached hydrogens (tertiary/aromatic N) is 2. The lowest BCUT2D eigenvalue weighted by atomic mass is 10.2. The fourth-order valence-corrected chi connectivity index (χ4v) is 2.12. The Morgan fingerprint density at radius 2 is 2.00 bits per heavy atom. The van der Waals surface area contributed by atoms with E-state index in [1.807, 2.05) is 0 Å². The Balaban J connectivity index is 2.17. The first kappa shape index (κ1) is 15.6. The van der Waals surface area contributed by atoms with Gasteiger partial charge in [-0.05, 0) is 18.2 Å².